The maximum Gasteiger partial charge on any atom is 0.306 e. The van der Waals surface area contributed by atoms with Gasteiger partial charge in [0.15, 0.2) is 5.78 Å². The van der Waals surface area contributed by atoms with E-state index in [1.165, 1.54) is 11.1 Å². The average Bonchev–Trinajstić information content (AvgIpc) is 3.06. The van der Waals surface area contributed by atoms with Crippen LogP contribution in [0.1, 0.15) is 46.5 Å². The molecule has 0 amide bonds. The van der Waals surface area contributed by atoms with Gasteiger partial charge in [0.2, 0.25) is 0 Å². The number of carbonyl (C=O) groups is 2. The molecule has 1 aliphatic rings. The van der Waals surface area contributed by atoms with Gasteiger partial charge in [0.05, 0.1) is 13.0 Å². The average molecular weight is 368 g/mol. The first-order valence-corrected chi connectivity index (χ1v) is 9.99. The highest BCUT2D eigenvalue weighted by atomic mass is 32.2. The lowest BCUT2D eigenvalue weighted by atomic mass is 9.88. The van der Waals surface area contributed by atoms with E-state index in [4.69, 9.17) is 4.74 Å². The van der Waals surface area contributed by atoms with Gasteiger partial charge in [0, 0.05) is 22.0 Å². The Morgan fingerprint density at radius 3 is 2.42 bits per heavy atom. The van der Waals surface area contributed by atoms with Crippen molar-refractivity contribution in [1.82, 2.24) is 0 Å². The number of Topliss-reactive ketones (excluding diaryl/α,β-unsaturated/α-hetero) is 1. The van der Waals surface area contributed by atoms with Crippen molar-refractivity contribution in [2.75, 3.05) is 6.61 Å². The molecule has 1 saturated heterocycles. The lowest BCUT2D eigenvalue weighted by molar-refractivity contribution is -0.143. The number of hydrogen-bond acceptors (Lipinski definition) is 4. The predicted octanol–water partition coefficient (Wildman–Crippen LogP) is 4.99. The number of aryl methyl sites for hydroxylation is 1. The highest BCUT2D eigenvalue weighted by Gasteiger charge is 2.41. The zero-order valence-corrected chi connectivity index (χ0v) is 16.0. The molecule has 0 saturated carbocycles. The molecule has 0 bridgehead atoms. The smallest absolute Gasteiger partial charge is 0.306 e. The normalized spacial score (nSPS) is 22.2. The minimum Gasteiger partial charge on any atom is -0.466 e. The summed E-state index contributed by atoms with van der Waals surface area (Å²) in [5, 5.41) is 0.181. The van der Waals surface area contributed by atoms with Crippen molar-refractivity contribution >= 4 is 23.5 Å². The molecule has 136 valence electrons. The van der Waals surface area contributed by atoms with E-state index in [2.05, 4.69) is 31.2 Å². The molecular formula is C22H24O3S. The molecule has 3 nitrogen and oxygen atoms in total. The zero-order chi connectivity index (χ0) is 18.5. The lowest BCUT2D eigenvalue weighted by Gasteiger charge is -2.16. The molecule has 2 aromatic rings. The molecule has 0 aromatic heterocycles. The van der Waals surface area contributed by atoms with Gasteiger partial charge in [-0.1, -0.05) is 60.2 Å². The van der Waals surface area contributed by atoms with E-state index in [1.807, 2.05) is 30.3 Å². The van der Waals surface area contributed by atoms with Crippen LogP contribution < -0.4 is 0 Å². The fourth-order valence-corrected chi connectivity index (χ4v) is 5.12. The van der Waals surface area contributed by atoms with E-state index < -0.39 is 0 Å². The molecule has 26 heavy (non-hydrogen) atoms. The Balaban J connectivity index is 1.82. The monoisotopic (exact) mass is 368 g/mol. The Kier molecular flexibility index (Phi) is 6.15. The number of ether oxygens (including phenoxy) is 1. The molecule has 0 radical (unpaired) electrons. The van der Waals surface area contributed by atoms with Crippen molar-refractivity contribution in [3.05, 3.63) is 71.3 Å². The number of ketones is 1. The largest absolute Gasteiger partial charge is 0.466 e. The van der Waals surface area contributed by atoms with Crippen LogP contribution in [0.2, 0.25) is 0 Å². The van der Waals surface area contributed by atoms with Crippen molar-refractivity contribution in [3.63, 3.8) is 0 Å². The van der Waals surface area contributed by atoms with Crippen LogP contribution in [0.25, 0.3) is 0 Å². The summed E-state index contributed by atoms with van der Waals surface area (Å²) in [4.78, 5) is 25.1. The van der Waals surface area contributed by atoms with Gasteiger partial charge in [-0.05, 0) is 25.8 Å². The summed E-state index contributed by atoms with van der Waals surface area (Å²) in [7, 11) is 0. The quantitative estimate of drug-likeness (QED) is 0.532. The van der Waals surface area contributed by atoms with E-state index in [0.29, 0.717) is 6.61 Å². The van der Waals surface area contributed by atoms with Crippen molar-refractivity contribution in [2.45, 2.75) is 37.2 Å². The first kappa shape index (κ1) is 18.7. The van der Waals surface area contributed by atoms with Gasteiger partial charge in [0.1, 0.15) is 0 Å². The van der Waals surface area contributed by atoms with Crippen LogP contribution in [0.15, 0.2) is 54.6 Å². The minimum absolute atomic E-state index is 0.0481. The molecule has 1 heterocycles. The Morgan fingerprint density at radius 2 is 1.77 bits per heavy atom. The number of esters is 1. The van der Waals surface area contributed by atoms with Gasteiger partial charge in [-0.2, -0.15) is 0 Å². The van der Waals surface area contributed by atoms with Gasteiger partial charge in [-0.3, -0.25) is 9.59 Å². The van der Waals surface area contributed by atoms with Crippen LogP contribution in [0.4, 0.5) is 0 Å². The van der Waals surface area contributed by atoms with Crippen LogP contribution in [0, 0.1) is 12.8 Å². The summed E-state index contributed by atoms with van der Waals surface area (Å²) < 4.78 is 5.13. The Hall–Kier alpha value is -2.07. The fraction of sp³-hybridized carbons (Fsp3) is 0.364. The van der Waals surface area contributed by atoms with Crippen molar-refractivity contribution in [1.29, 1.82) is 0 Å². The zero-order valence-electron chi connectivity index (χ0n) is 15.2. The van der Waals surface area contributed by atoms with Gasteiger partial charge in [-0.15, -0.1) is 11.8 Å². The molecule has 0 aliphatic carbocycles. The Morgan fingerprint density at radius 1 is 1.08 bits per heavy atom. The first-order chi connectivity index (χ1) is 12.6. The first-order valence-electron chi connectivity index (χ1n) is 9.05. The second kappa shape index (κ2) is 8.54. The minimum atomic E-state index is -0.222. The van der Waals surface area contributed by atoms with Crippen LogP contribution >= 0.6 is 11.8 Å². The molecule has 2 aromatic carbocycles. The Bertz CT molecular complexity index is 755. The molecule has 0 unspecified atom stereocenters. The molecule has 1 fully saturated rings. The number of carbonyl (C=O) groups excluding carboxylic acids is 2. The third kappa shape index (κ3) is 4.36. The van der Waals surface area contributed by atoms with Gasteiger partial charge in [-0.25, -0.2) is 0 Å². The summed E-state index contributed by atoms with van der Waals surface area (Å²) in [6.45, 7) is 4.24. The third-order valence-electron chi connectivity index (χ3n) is 4.77. The van der Waals surface area contributed by atoms with Crippen molar-refractivity contribution < 1.29 is 14.3 Å². The molecular weight excluding hydrogens is 344 g/mol. The molecule has 4 heteroatoms. The second-order valence-electron chi connectivity index (χ2n) is 6.66. The third-order valence-corrected chi connectivity index (χ3v) is 6.41. The lowest BCUT2D eigenvalue weighted by Crippen LogP contribution is -2.25. The fourth-order valence-electron chi connectivity index (χ4n) is 3.41. The maximum atomic E-state index is 13.1. The van der Waals surface area contributed by atoms with E-state index in [9.17, 15) is 9.59 Å². The summed E-state index contributed by atoms with van der Waals surface area (Å²) >= 11 is 1.73. The van der Waals surface area contributed by atoms with Crippen LogP contribution in [-0.4, -0.2) is 23.6 Å². The summed E-state index contributed by atoms with van der Waals surface area (Å²) in [5.41, 5.74) is 3.16. The van der Waals surface area contributed by atoms with Gasteiger partial charge in [0.25, 0.3) is 0 Å². The van der Waals surface area contributed by atoms with Crippen molar-refractivity contribution in [3.8, 4) is 0 Å². The van der Waals surface area contributed by atoms with E-state index in [0.717, 1.165) is 12.0 Å². The SMILES string of the molecule is CCOC(=O)C[C@@H]1S[C@H](c2ccc(C)cc2)C[C@H]1C(=O)c1ccccc1. The highest BCUT2D eigenvalue weighted by molar-refractivity contribution is 8.00. The van der Waals surface area contributed by atoms with Crippen LogP contribution in [0.5, 0.6) is 0 Å². The standard InChI is InChI=1S/C22H24O3S/c1-3-25-21(23)14-20-18(22(24)17-7-5-4-6-8-17)13-19(26-20)16-11-9-15(2)10-12-16/h4-12,18-20H,3,13-14H2,1-2H3/t18-,19+,20+/m1/s1. The summed E-state index contributed by atoms with van der Waals surface area (Å²) in [6.07, 6.45) is 1.04. The molecule has 3 rings (SSSR count). The number of benzene rings is 2. The summed E-state index contributed by atoms with van der Waals surface area (Å²) in [6, 6.07) is 17.8. The molecule has 1 aliphatic heterocycles. The summed E-state index contributed by atoms with van der Waals surface area (Å²) in [5.74, 6) is -0.263. The van der Waals surface area contributed by atoms with Crippen LogP contribution in [-0.2, 0) is 9.53 Å². The van der Waals surface area contributed by atoms with E-state index in [-0.39, 0.29) is 34.6 Å². The molecule has 0 spiro atoms. The second-order valence-corrected chi connectivity index (χ2v) is 8.10. The van der Waals surface area contributed by atoms with Gasteiger partial charge >= 0.3 is 5.97 Å². The Labute approximate surface area is 159 Å². The predicted molar refractivity (Wildman–Crippen MR) is 105 cm³/mol. The van der Waals surface area contributed by atoms with Crippen molar-refractivity contribution in [2.24, 2.45) is 5.92 Å². The number of thioether (sulfide) groups is 1. The molecule has 3 atom stereocenters. The highest BCUT2D eigenvalue weighted by Crippen LogP contribution is 2.50. The number of hydrogen-bond donors (Lipinski definition) is 0. The van der Waals surface area contributed by atoms with E-state index in [1.54, 1.807) is 18.7 Å². The molecule has 0 N–H and O–H groups in total. The van der Waals surface area contributed by atoms with Crippen LogP contribution in [0.3, 0.4) is 0 Å². The van der Waals surface area contributed by atoms with Gasteiger partial charge < -0.3 is 4.74 Å². The topological polar surface area (TPSA) is 43.4 Å². The number of rotatable bonds is 6. The maximum absolute atomic E-state index is 13.1. The van der Waals surface area contributed by atoms with E-state index >= 15 is 0 Å².